The highest BCUT2D eigenvalue weighted by molar-refractivity contribution is 5.81. The Bertz CT molecular complexity index is 2330. The Labute approximate surface area is 295 Å². The molecule has 0 saturated carbocycles. The highest BCUT2D eigenvalue weighted by atomic mass is 16.1. The quantitative estimate of drug-likeness (QED) is 0.104. The number of rotatable bonds is 11. The van der Waals surface area contributed by atoms with Gasteiger partial charge in [0.05, 0.1) is 6.54 Å². The van der Waals surface area contributed by atoms with Crippen LogP contribution in [0, 0.1) is 0 Å². The Morgan fingerprint density at radius 3 is 1.76 bits per heavy atom. The lowest BCUT2D eigenvalue weighted by Gasteiger charge is -2.36. The number of carbonyl (C=O) groups is 1. The van der Waals surface area contributed by atoms with E-state index in [1.807, 2.05) is 41.9 Å². The largest absolute Gasteiger partial charge is 0.307 e. The van der Waals surface area contributed by atoms with Gasteiger partial charge in [0.15, 0.2) is 17.8 Å². The van der Waals surface area contributed by atoms with Crippen LogP contribution in [-0.4, -0.2) is 45.9 Å². The number of aldehydes is 1. The van der Waals surface area contributed by atoms with Gasteiger partial charge in [-0.3, -0.25) is 4.79 Å². The SMILES string of the molecule is CCc1c(C=O)nn2nc(CC)n(Cc3ccc(-c4ccccc4-c4nnnn4C(c4ccccc4)(c4ccccc4)c4ccccc4)cc3)c12. The summed E-state index contributed by atoms with van der Waals surface area (Å²) < 4.78 is 5.75. The van der Waals surface area contributed by atoms with Crippen molar-refractivity contribution in [3.8, 4) is 22.5 Å². The Kier molecular flexibility index (Phi) is 8.37. The van der Waals surface area contributed by atoms with E-state index in [9.17, 15) is 4.79 Å². The molecule has 8 rings (SSSR count). The average molecular weight is 669 g/mol. The van der Waals surface area contributed by atoms with E-state index in [1.165, 1.54) is 0 Å². The molecule has 8 aromatic rings. The first-order valence-corrected chi connectivity index (χ1v) is 17.2. The molecule has 3 heterocycles. The second-order valence-electron chi connectivity index (χ2n) is 12.5. The molecule has 0 aliphatic carbocycles. The first-order valence-electron chi connectivity index (χ1n) is 17.2. The zero-order chi connectivity index (χ0) is 34.8. The average Bonchev–Trinajstić information content (AvgIpc) is 3.91. The Balaban J connectivity index is 1.24. The van der Waals surface area contributed by atoms with Crippen LogP contribution in [0.4, 0.5) is 0 Å². The molecule has 0 radical (unpaired) electrons. The summed E-state index contributed by atoms with van der Waals surface area (Å²) in [5, 5.41) is 22.9. The molecule has 0 bridgehead atoms. The van der Waals surface area contributed by atoms with Gasteiger partial charge in [0, 0.05) is 17.5 Å². The van der Waals surface area contributed by atoms with Crippen LogP contribution in [-0.2, 0) is 24.9 Å². The number of hydrogen-bond donors (Lipinski definition) is 0. The molecule has 0 spiro atoms. The van der Waals surface area contributed by atoms with Crippen molar-refractivity contribution in [2.45, 2.75) is 38.8 Å². The smallest absolute Gasteiger partial charge is 0.184 e. The lowest BCUT2D eigenvalue weighted by atomic mass is 9.77. The summed E-state index contributed by atoms with van der Waals surface area (Å²) in [4.78, 5) is 11.7. The summed E-state index contributed by atoms with van der Waals surface area (Å²) in [6.45, 7) is 4.73. The number of aryl methyl sites for hydroxylation is 2. The summed E-state index contributed by atoms with van der Waals surface area (Å²) in [5.74, 6) is 1.57. The molecule has 0 N–H and O–H groups in total. The van der Waals surface area contributed by atoms with E-state index >= 15 is 0 Å². The lowest BCUT2D eigenvalue weighted by Crippen LogP contribution is -2.39. The summed E-state index contributed by atoms with van der Waals surface area (Å²) in [6, 6.07) is 48.2. The van der Waals surface area contributed by atoms with Crippen molar-refractivity contribution in [1.82, 2.24) is 39.6 Å². The number of hydrogen-bond acceptors (Lipinski definition) is 6. The topological polar surface area (TPSA) is 95.8 Å². The molecule has 3 aromatic heterocycles. The predicted octanol–water partition coefficient (Wildman–Crippen LogP) is 7.68. The van der Waals surface area contributed by atoms with Gasteiger partial charge in [0.25, 0.3) is 0 Å². The number of nitrogens with zero attached hydrogens (tertiary/aromatic N) is 8. The van der Waals surface area contributed by atoms with E-state index in [1.54, 1.807) is 4.63 Å². The van der Waals surface area contributed by atoms with Gasteiger partial charge in [-0.05, 0) is 50.2 Å². The minimum Gasteiger partial charge on any atom is -0.307 e. The van der Waals surface area contributed by atoms with Crippen molar-refractivity contribution in [2.75, 3.05) is 0 Å². The van der Waals surface area contributed by atoms with Crippen molar-refractivity contribution < 1.29 is 4.79 Å². The van der Waals surface area contributed by atoms with Crippen LogP contribution >= 0.6 is 0 Å². The Hall–Kier alpha value is -6.48. The van der Waals surface area contributed by atoms with E-state index in [2.05, 4.69) is 131 Å². The summed E-state index contributed by atoms with van der Waals surface area (Å²) in [5.41, 5.74) is 8.59. The number of benzene rings is 5. The molecule has 9 nitrogen and oxygen atoms in total. The second-order valence-corrected chi connectivity index (χ2v) is 12.5. The molecule has 51 heavy (non-hydrogen) atoms. The Morgan fingerprint density at radius 2 is 1.22 bits per heavy atom. The number of tetrazole rings is 1. The third kappa shape index (κ3) is 5.34. The van der Waals surface area contributed by atoms with E-state index in [-0.39, 0.29) is 0 Å². The van der Waals surface area contributed by atoms with E-state index < -0.39 is 5.54 Å². The van der Waals surface area contributed by atoms with Gasteiger partial charge in [-0.15, -0.1) is 19.9 Å². The molecule has 9 heteroatoms. The maximum absolute atomic E-state index is 11.7. The number of carbonyl (C=O) groups excluding carboxylic acids is 1. The molecule has 0 amide bonds. The molecule has 0 atom stereocenters. The van der Waals surface area contributed by atoms with Gasteiger partial charge in [-0.2, -0.15) is 0 Å². The van der Waals surface area contributed by atoms with Crippen LogP contribution in [0.15, 0.2) is 140 Å². The highest BCUT2D eigenvalue weighted by Gasteiger charge is 2.42. The normalized spacial score (nSPS) is 11.6. The molecular formula is C42H36N8O. The summed E-state index contributed by atoms with van der Waals surface area (Å²) in [6.07, 6.45) is 2.26. The van der Waals surface area contributed by atoms with Crippen molar-refractivity contribution in [3.05, 3.63) is 179 Å². The monoisotopic (exact) mass is 668 g/mol. The first kappa shape index (κ1) is 31.8. The van der Waals surface area contributed by atoms with Gasteiger partial charge in [0.1, 0.15) is 17.1 Å². The van der Waals surface area contributed by atoms with Gasteiger partial charge in [-0.1, -0.05) is 153 Å². The third-order valence-corrected chi connectivity index (χ3v) is 9.67. The molecule has 5 aromatic carbocycles. The van der Waals surface area contributed by atoms with Crippen LogP contribution < -0.4 is 0 Å². The van der Waals surface area contributed by atoms with Crippen molar-refractivity contribution in [3.63, 3.8) is 0 Å². The summed E-state index contributed by atoms with van der Waals surface area (Å²) >= 11 is 0. The van der Waals surface area contributed by atoms with Gasteiger partial charge >= 0.3 is 0 Å². The fourth-order valence-electron chi connectivity index (χ4n) is 7.32. The van der Waals surface area contributed by atoms with Gasteiger partial charge in [-0.25, -0.2) is 4.68 Å². The van der Waals surface area contributed by atoms with Crippen molar-refractivity contribution >= 4 is 11.9 Å². The highest BCUT2D eigenvalue weighted by Crippen LogP contribution is 2.43. The zero-order valence-corrected chi connectivity index (χ0v) is 28.5. The zero-order valence-electron chi connectivity index (χ0n) is 28.5. The molecule has 0 aliphatic heterocycles. The van der Waals surface area contributed by atoms with Gasteiger partial charge < -0.3 is 4.57 Å². The van der Waals surface area contributed by atoms with Crippen LogP contribution in [0.5, 0.6) is 0 Å². The fourth-order valence-corrected chi connectivity index (χ4v) is 7.32. The minimum absolute atomic E-state index is 0.446. The van der Waals surface area contributed by atoms with Crippen molar-refractivity contribution in [1.29, 1.82) is 0 Å². The first-order chi connectivity index (χ1) is 25.2. The molecule has 0 aliphatic rings. The van der Waals surface area contributed by atoms with Crippen LogP contribution in [0.2, 0.25) is 0 Å². The summed E-state index contributed by atoms with van der Waals surface area (Å²) in [7, 11) is 0. The van der Waals surface area contributed by atoms with E-state index in [0.717, 1.165) is 68.7 Å². The number of aromatic nitrogens is 8. The van der Waals surface area contributed by atoms with Crippen LogP contribution in [0.1, 0.15) is 58.0 Å². The molecule has 0 unspecified atom stereocenters. The molecule has 0 saturated heterocycles. The fraction of sp³-hybridized carbons (Fsp3) is 0.143. The maximum Gasteiger partial charge on any atom is 0.184 e. The minimum atomic E-state index is -0.860. The number of fused-ring (bicyclic) bond motifs is 1. The third-order valence-electron chi connectivity index (χ3n) is 9.67. The van der Waals surface area contributed by atoms with Crippen molar-refractivity contribution in [2.24, 2.45) is 0 Å². The van der Waals surface area contributed by atoms with Gasteiger partial charge in [0.2, 0.25) is 0 Å². The Morgan fingerprint density at radius 1 is 0.647 bits per heavy atom. The second kappa shape index (κ2) is 13.4. The van der Waals surface area contributed by atoms with Crippen LogP contribution in [0.3, 0.4) is 0 Å². The lowest BCUT2D eigenvalue weighted by molar-refractivity contribution is 0.111. The predicted molar refractivity (Wildman–Crippen MR) is 198 cm³/mol. The van der Waals surface area contributed by atoms with Crippen LogP contribution in [0.25, 0.3) is 28.2 Å². The molecule has 0 fully saturated rings. The van der Waals surface area contributed by atoms with E-state index in [4.69, 9.17) is 15.4 Å². The molecule has 250 valence electrons. The van der Waals surface area contributed by atoms with E-state index in [0.29, 0.717) is 24.5 Å². The standard InChI is InChI=1S/C42H36N8O/c1-3-35-38(29-51)44-50-41(35)48(39(4-2)45-50)28-30-24-26-31(27-25-30)36-22-14-15-23-37(36)40-43-46-47-49(40)42(32-16-8-5-9-17-32,33-18-10-6-11-19-33)34-20-12-7-13-21-34/h5-27,29H,3-4,28H2,1-2H3. The maximum atomic E-state index is 11.7. The molecular weight excluding hydrogens is 633 g/mol.